The molecule has 0 N–H and O–H groups in total. The molecule has 0 saturated heterocycles. The van der Waals surface area contributed by atoms with Crippen molar-refractivity contribution < 1.29 is 19.1 Å². The summed E-state index contributed by atoms with van der Waals surface area (Å²) in [6.07, 6.45) is 2.67. The molecule has 8 aromatic rings. The summed E-state index contributed by atoms with van der Waals surface area (Å²) in [5.41, 5.74) is 11.1. The smallest absolute Gasteiger partial charge is 0.344 e. The first kappa shape index (κ1) is 37.3. The molecule has 0 atom stereocenters. The summed E-state index contributed by atoms with van der Waals surface area (Å²) < 4.78 is 16.3. The molecular formula is C51H46N2O4. The van der Waals surface area contributed by atoms with Crippen LogP contribution >= 0.6 is 0 Å². The van der Waals surface area contributed by atoms with E-state index in [0.29, 0.717) is 0 Å². The number of fused-ring (bicyclic) bond motifs is 4. The van der Waals surface area contributed by atoms with Crippen molar-refractivity contribution in [2.45, 2.75) is 52.8 Å². The van der Waals surface area contributed by atoms with E-state index in [0.717, 1.165) is 87.7 Å². The third kappa shape index (κ3) is 8.03. The van der Waals surface area contributed by atoms with Crippen molar-refractivity contribution in [2.75, 3.05) is 6.61 Å². The highest BCUT2D eigenvalue weighted by Gasteiger charge is 2.27. The van der Waals surface area contributed by atoms with Gasteiger partial charge in [0.2, 0.25) is 0 Å². The molecule has 0 saturated carbocycles. The van der Waals surface area contributed by atoms with Crippen LogP contribution in [0.1, 0.15) is 69.1 Å². The van der Waals surface area contributed by atoms with Crippen LogP contribution in [0.4, 0.5) is 0 Å². The Bertz CT molecular complexity index is 2660. The summed E-state index contributed by atoms with van der Waals surface area (Å²) in [6.45, 7) is 6.03. The van der Waals surface area contributed by atoms with Gasteiger partial charge in [-0.15, -0.1) is 0 Å². The van der Waals surface area contributed by atoms with Gasteiger partial charge in [0, 0.05) is 58.5 Å². The van der Waals surface area contributed by atoms with E-state index in [1.54, 1.807) is 0 Å². The molecule has 6 aromatic carbocycles. The molecular weight excluding hydrogens is 705 g/mol. The van der Waals surface area contributed by atoms with Gasteiger partial charge in [-0.1, -0.05) is 153 Å². The second kappa shape index (κ2) is 17.0. The highest BCUT2D eigenvalue weighted by atomic mass is 16.6. The molecule has 0 radical (unpaired) electrons. The zero-order valence-corrected chi connectivity index (χ0v) is 32.5. The number of esters is 1. The van der Waals surface area contributed by atoms with Gasteiger partial charge in [-0.05, 0) is 58.7 Å². The average Bonchev–Trinajstić information content (AvgIpc) is 3.79. The Morgan fingerprint density at radius 1 is 0.596 bits per heavy atom. The fraction of sp³-hybridized carbons (Fsp3) is 0.176. The van der Waals surface area contributed by atoms with Gasteiger partial charge in [-0.25, -0.2) is 4.79 Å². The zero-order valence-electron chi connectivity index (χ0n) is 32.5. The fourth-order valence-electron chi connectivity index (χ4n) is 7.90. The number of hydrogen-bond acceptors (Lipinski definition) is 4. The van der Waals surface area contributed by atoms with E-state index >= 15 is 0 Å². The molecule has 0 spiro atoms. The third-order valence-electron chi connectivity index (χ3n) is 10.8. The van der Waals surface area contributed by atoms with E-state index in [2.05, 4.69) is 102 Å². The topological polar surface area (TPSA) is 62.5 Å². The van der Waals surface area contributed by atoms with Crippen molar-refractivity contribution in [1.82, 2.24) is 9.13 Å². The van der Waals surface area contributed by atoms with Gasteiger partial charge in [0.15, 0.2) is 12.4 Å². The number of hydrogen-bond donors (Lipinski definition) is 0. The number of ketones is 1. The molecule has 6 heteroatoms. The SMILES string of the molecule is CCc1cc2c(OCC(=O)OCc3ccccc3)c3ccccc3cc2n1Cc1ccccc1.CCc1cc2c(n1Cc1ccccc1)Cc1ccccc1C2=O. The van der Waals surface area contributed by atoms with Crippen LogP contribution in [-0.4, -0.2) is 27.5 Å². The monoisotopic (exact) mass is 750 g/mol. The van der Waals surface area contributed by atoms with Crippen LogP contribution in [0.3, 0.4) is 0 Å². The Labute approximate surface area is 333 Å². The summed E-state index contributed by atoms with van der Waals surface area (Å²) in [7, 11) is 0. The molecule has 0 unspecified atom stereocenters. The van der Waals surface area contributed by atoms with E-state index in [1.807, 2.05) is 78.9 Å². The molecule has 284 valence electrons. The molecule has 6 nitrogen and oxygen atoms in total. The lowest BCUT2D eigenvalue weighted by Crippen LogP contribution is -2.17. The van der Waals surface area contributed by atoms with Crippen LogP contribution in [0, 0.1) is 0 Å². The predicted molar refractivity (Wildman–Crippen MR) is 228 cm³/mol. The largest absolute Gasteiger partial charge is 0.481 e. The maximum atomic E-state index is 12.8. The number of rotatable bonds is 11. The maximum absolute atomic E-state index is 12.8. The van der Waals surface area contributed by atoms with Crippen LogP contribution in [0.5, 0.6) is 5.75 Å². The molecule has 2 aromatic heterocycles. The average molecular weight is 751 g/mol. The van der Waals surface area contributed by atoms with Gasteiger partial charge in [0.1, 0.15) is 12.4 Å². The number of carbonyl (C=O) groups is 2. The minimum atomic E-state index is -0.385. The molecule has 0 bridgehead atoms. The molecule has 2 heterocycles. The van der Waals surface area contributed by atoms with E-state index < -0.39 is 0 Å². The van der Waals surface area contributed by atoms with Gasteiger partial charge in [-0.2, -0.15) is 0 Å². The zero-order chi connectivity index (χ0) is 39.1. The van der Waals surface area contributed by atoms with Crippen LogP contribution in [0.25, 0.3) is 21.7 Å². The fourth-order valence-corrected chi connectivity index (χ4v) is 7.90. The van der Waals surface area contributed by atoms with Crippen molar-refractivity contribution in [1.29, 1.82) is 0 Å². The van der Waals surface area contributed by atoms with Crippen LogP contribution < -0.4 is 4.74 Å². The quantitative estimate of drug-likeness (QED) is 0.124. The summed E-state index contributed by atoms with van der Waals surface area (Å²) in [5.74, 6) is 0.513. The lowest BCUT2D eigenvalue weighted by molar-refractivity contribution is -0.147. The standard InChI is InChI=1S/C30H27NO3.C21H19NO/c1-2-25-18-27-28(31(25)19-22-11-5-3-6-12-22)17-24-15-9-10-16-26(24)30(27)34-21-29(32)33-20-23-13-7-4-8-14-23;1-2-17-13-19-20(22(17)14-15-8-4-3-5-9-15)12-16-10-6-7-11-18(16)21(19)23/h3-18H,2,19-21H2,1H3;3-11,13H,2,12,14H2,1H3. The molecule has 0 aliphatic heterocycles. The number of carbonyl (C=O) groups excluding carboxylic acids is 2. The van der Waals surface area contributed by atoms with Crippen molar-refractivity contribution in [2.24, 2.45) is 0 Å². The molecule has 9 rings (SSSR count). The normalized spacial score (nSPS) is 11.8. The second-order valence-electron chi connectivity index (χ2n) is 14.4. The Kier molecular flexibility index (Phi) is 11.1. The van der Waals surface area contributed by atoms with E-state index in [4.69, 9.17) is 9.47 Å². The lowest BCUT2D eigenvalue weighted by atomic mass is 9.89. The first-order chi connectivity index (χ1) is 28.0. The molecule has 1 aliphatic carbocycles. The van der Waals surface area contributed by atoms with E-state index in [1.165, 1.54) is 22.5 Å². The molecule has 0 fully saturated rings. The minimum absolute atomic E-state index is 0.138. The number of aromatic nitrogens is 2. The van der Waals surface area contributed by atoms with Crippen molar-refractivity contribution >= 4 is 33.4 Å². The van der Waals surface area contributed by atoms with Crippen LogP contribution in [0.2, 0.25) is 0 Å². The Morgan fingerprint density at radius 2 is 1.18 bits per heavy atom. The lowest BCUT2D eigenvalue weighted by Gasteiger charge is -2.19. The van der Waals surface area contributed by atoms with Gasteiger partial charge in [0.25, 0.3) is 0 Å². The number of aryl methyl sites for hydroxylation is 2. The summed E-state index contributed by atoms with van der Waals surface area (Å²) in [4.78, 5) is 25.3. The second-order valence-corrected chi connectivity index (χ2v) is 14.4. The highest BCUT2D eigenvalue weighted by molar-refractivity contribution is 6.12. The first-order valence-corrected chi connectivity index (χ1v) is 19.8. The summed E-state index contributed by atoms with van der Waals surface area (Å²) in [6, 6.07) is 53.2. The van der Waals surface area contributed by atoms with Crippen molar-refractivity contribution in [3.63, 3.8) is 0 Å². The van der Waals surface area contributed by atoms with Gasteiger partial charge in [-0.3, -0.25) is 4.79 Å². The summed E-state index contributed by atoms with van der Waals surface area (Å²) in [5, 5.41) is 3.09. The first-order valence-electron chi connectivity index (χ1n) is 19.8. The molecule has 0 amide bonds. The molecule has 57 heavy (non-hydrogen) atoms. The van der Waals surface area contributed by atoms with Gasteiger partial charge >= 0.3 is 5.97 Å². The Balaban J connectivity index is 0.000000172. The number of benzene rings is 6. The maximum Gasteiger partial charge on any atom is 0.344 e. The third-order valence-corrected chi connectivity index (χ3v) is 10.8. The van der Waals surface area contributed by atoms with Crippen molar-refractivity contribution in [3.8, 4) is 5.75 Å². The minimum Gasteiger partial charge on any atom is -0.481 e. The number of nitrogens with zero attached hydrogens (tertiary/aromatic N) is 2. The van der Waals surface area contributed by atoms with Gasteiger partial charge < -0.3 is 18.6 Å². The van der Waals surface area contributed by atoms with E-state index in [-0.39, 0.29) is 25.0 Å². The predicted octanol–water partition coefficient (Wildman–Crippen LogP) is 10.8. The Hall–Kier alpha value is -6.66. The highest BCUT2D eigenvalue weighted by Crippen LogP contribution is 2.38. The van der Waals surface area contributed by atoms with Gasteiger partial charge in [0.05, 0.1) is 5.52 Å². The number of ether oxygens (including phenoxy) is 2. The van der Waals surface area contributed by atoms with E-state index in [9.17, 15) is 9.59 Å². The molecule has 1 aliphatic rings. The summed E-state index contributed by atoms with van der Waals surface area (Å²) >= 11 is 0. The van der Waals surface area contributed by atoms with Crippen LogP contribution in [-0.2, 0) is 48.5 Å². The van der Waals surface area contributed by atoms with Crippen molar-refractivity contribution in [3.05, 3.63) is 208 Å². The van der Waals surface area contributed by atoms with Crippen LogP contribution in [0.15, 0.2) is 158 Å². The Morgan fingerprint density at radius 3 is 1.86 bits per heavy atom.